The fourth-order valence-electron chi connectivity index (χ4n) is 5.89. The predicted molar refractivity (Wildman–Crippen MR) is 184 cm³/mol. The van der Waals surface area contributed by atoms with Gasteiger partial charge in [-0.1, -0.05) is 77.8 Å². The second kappa shape index (κ2) is 17.0. The Balaban J connectivity index is 1.25. The number of aromatic nitrogens is 1. The van der Waals surface area contributed by atoms with Crippen molar-refractivity contribution in [2.45, 2.75) is 43.9 Å². The SMILES string of the molecule is COc1ccc(C(Cc2c(Cl)c[nH+]cc2Cl)OC(=O)C2=CCC(CNC(C(=O)OC3CCN(C)CC3)c3ccccc3)C=C2)cc1OC. The van der Waals surface area contributed by atoms with E-state index in [1.54, 1.807) is 44.8 Å². The fourth-order valence-corrected chi connectivity index (χ4v) is 6.42. The number of ether oxygens (including phenoxy) is 4. The van der Waals surface area contributed by atoms with Crippen molar-refractivity contribution in [1.29, 1.82) is 0 Å². The second-order valence-electron chi connectivity index (χ2n) is 12.0. The smallest absolute Gasteiger partial charge is 0.338 e. The van der Waals surface area contributed by atoms with Gasteiger partial charge in [0.2, 0.25) is 0 Å². The van der Waals surface area contributed by atoms with E-state index < -0.39 is 18.1 Å². The molecule has 0 spiro atoms. The molecular formula is C37H42Cl2N3O6+. The van der Waals surface area contributed by atoms with Crippen molar-refractivity contribution >= 4 is 35.1 Å². The van der Waals surface area contributed by atoms with E-state index in [1.807, 2.05) is 48.6 Å². The first-order valence-electron chi connectivity index (χ1n) is 16.1. The Hall–Kier alpha value is -3.89. The number of hydrogen-bond acceptors (Lipinski definition) is 8. The molecule has 2 N–H and O–H groups in total. The van der Waals surface area contributed by atoms with Crippen LogP contribution in [0.1, 0.15) is 48.1 Å². The number of hydrogen-bond donors (Lipinski definition) is 1. The third-order valence-corrected chi connectivity index (χ3v) is 9.41. The van der Waals surface area contributed by atoms with Crippen LogP contribution in [-0.4, -0.2) is 63.8 Å². The summed E-state index contributed by atoms with van der Waals surface area (Å²) in [7, 11) is 5.19. The molecule has 5 rings (SSSR count). The number of halogens is 2. The number of likely N-dealkylation sites (tertiary alicyclic amines) is 1. The molecule has 2 aromatic carbocycles. The van der Waals surface area contributed by atoms with Crippen molar-refractivity contribution in [3.63, 3.8) is 0 Å². The summed E-state index contributed by atoms with van der Waals surface area (Å²) in [5.41, 5.74) is 2.64. The van der Waals surface area contributed by atoms with E-state index in [0.29, 0.717) is 51.2 Å². The summed E-state index contributed by atoms with van der Waals surface area (Å²) in [4.78, 5) is 32.0. The first-order chi connectivity index (χ1) is 23.2. The van der Waals surface area contributed by atoms with E-state index in [2.05, 4.69) is 22.2 Å². The molecular weight excluding hydrogens is 653 g/mol. The molecule has 3 unspecified atom stereocenters. The van der Waals surface area contributed by atoms with Crippen molar-refractivity contribution in [2.24, 2.45) is 5.92 Å². The molecule has 11 heteroatoms. The molecule has 0 radical (unpaired) electrons. The minimum absolute atomic E-state index is 0.0590. The second-order valence-corrected chi connectivity index (χ2v) is 12.9. The Labute approximate surface area is 291 Å². The number of piperidine rings is 1. The summed E-state index contributed by atoms with van der Waals surface area (Å²) in [6.07, 6.45) is 10.6. The number of esters is 2. The first-order valence-corrected chi connectivity index (χ1v) is 16.8. The van der Waals surface area contributed by atoms with Gasteiger partial charge in [-0.05, 0) is 55.5 Å². The highest BCUT2D eigenvalue weighted by atomic mass is 35.5. The highest BCUT2D eigenvalue weighted by Crippen LogP contribution is 2.35. The number of pyridine rings is 1. The molecule has 9 nitrogen and oxygen atoms in total. The standard InChI is InChI=1S/C37H41Cl2N3O6/c1-42-17-15-28(16-18-42)47-37(44)35(25-7-5-4-6-8-25)41-21-24-9-11-26(12-10-24)36(43)48-33(20-29-30(38)22-40-23-31(29)39)27-13-14-32(45-2)34(19-27)46-3/h4-9,11-14,19,22-24,28,33,35,41H,10,15-18,20-21H2,1-3H3/p+1. The van der Waals surface area contributed by atoms with Crippen LogP contribution in [0.15, 0.2) is 84.7 Å². The normalized spacial score (nSPS) is 18.0. The topological polar surface area (TPSA) is 100 Å². The third-order valence-electron chi connectivity index (χ3n) is 8.74. The minimum atomic E-state index is -0.717. The van der Waals surface area contributed by atoms with Gasteiger partial charge in [-0.25, -0.2) is 14.6 Å². The molecule has 1 fully saturated rings. The van der Waals surface area contributed by atoms with Crippen LogP contribution in [0.2, 0.25) is 10.0 Å². The number of H-pyrrole nitrogens is 1. The quantitative estimate of drug-likeness (QED) is 0.214. The zero-order chi connectivity index (χ0) is 34.0. The molecule has 2 heterocycles. The summed E-state index contributed by atoms with van der Waals surface area (Å²) < 4.78 is 22.9. The van der Waals surface area contributed by atoms with Crippen molar-refractivity contribution in [2.75, 3.05) is 40.9 Å². The van der Waals surface area contributed by atoms with Crippen LogP contribution in [0.3, 0.4) is 0 Å². The Morgan fingerprint density at radius 2 is 1.69 bits per heavy atom. The number of nitrogens with zero attached hydrogens (tertiary/aromatic N) is 1. The summed E-state index contributed by atoms with van der Waals surface area (Å²) in [6, 6.07) is 14.4. The van der Waals surface area contributed by atoms with Gasteiger partial charge in [-0.3, -0.25) is 0 Å². The minimum Gasteiger partial charge on any atom is -0.493 e. The van der Waals surface area contributed by atoms with Crippen molar-refractivity contribution in [3.05, 3.63) is 111 Å². The Kier molecular flexibility index (Phi) is 12.5. The molecule has 254 valence electrons. The van der Waals surface area contributed by atoms with E-state index in [-0.39, 0.29) is 24.4 Å². The summed E-state index contributed by atoms with van der Waals surface area (Å²) >= 11 is 12.9. The van der Waals surface area contributed by atoms with E-state index in [0.717, 1.165) is 31.5 Å². The molecule has 1 aromatic heterocycles. The summed E-state index contributed by atoms with van der Waals surface area (Å²) in [6.45, 7) is 2.34. The van der Waals surface area contributed by atoms with Crippen molar-refractivity contribution < 1.29 is 33.5 Å². The Morgan fingerprint density at radius 3 is 2.33 bits per heavy atom. The van der Waals surface area contributed by atoms with Crippen LogP contribution >= 0.6 is 23.2 Å². The number of rotatable bonds is 13. The number of carbonyl (C=O) groups excluding carboxylic acids is 2. The maximum Gasteiger partial charge on any atom is 0.338 e. The third kappa shape index (κ3) is 9.17. The first kappa shape index (κ1) is 35.4. The van der Waals surface area contributed by atoms with Gasteiger partial charge in [0, 0.05) is 31.6 Å². The van der Waals surface area contributed by atoms with Crippen molar-refractivity contribution in [1.82, 2.24) is 10.2 Å². The Morgan fingerprint density at radius 1 is 0.979 bits per heavy atom. The molecule has 1 aliphatic carbocycles. The van der Waals surface area contributed by atoms with Crippen LogP contribution in [0.25, 0.3) is 0 Å². The van der Waals surface area contributed by atoms with Crippen molar-refractivity contribution in [3.8, 4) is 11.5 Å². The van der Waals surface area contributed by atoms with Gasteiger partial charge in [-0.2, -0.15) is 0 Å². The zero-order valence-electron chi connectivity index (χ0n) is 27.4. The van der Waals surface area contributed by atoms with Crippen LogP contribution in [0.5, 0.6) is 11.5 Å². The van der Waals surface area contributed by atoms with Gasteiger partial charge in [-0.15, -0.1) is 0 Å². The van der Waals surface area contributed by atoms with Gasteiger partial charge in [0.25, 0.3) is 0 Å². The molecule has 1 aliphatic heterocycles. The molecule has 3 atom stereocenters. The molecule has 0 saturated carbocycles. The molecule has 2 aliphatic rings. The summed E-state index contributed by atoms with van der Waals surface area (Å²) in [5, 5.41) is 4.29. The number of aromatic amines is 1. The number of allylic oxidation sites excluding steroid dienone is 1. The van der Waals surface area contributed by atoms with Crippen LogP contribution < -0.4 is 19.8 Å². The van der Waals surface area contributed by atoms with Gasteiger partial charge in [0.1, 0.15) is 28.3 Å². The lowest BCUT2D eigenvalue weighted by Gasteiger charge is -2.30. The van der Waals surface area contributed by atoms with E-state index >= 15 is 0 Å². The largest absolute Gasteiger partial charge is 0.493 e. The lowest BCUT2D eigenvalue weighted by molar-refractivity contribution is -0.377. The fraction of sp³-hybridized carbons (Fsp3) is 0.378. The summed E-state index contributed by atoms with van der Waals surface area (Å²) in [5.74, 6) is 0.373. The van der Waals surface area contributed by atoms with E-state index in [1.165, 1.54) is 0 Å². The average Bonchev–Trinajstić information content (AvgIpc) is 3.10. The molecule has 0 bridgehead atoms. The van der Waals surface area contributed by atoms with Crippen LogP contribution in [-0.2, 0) is 25.5 Å². The van der Waals surface area contributed by atoms with Gasteiger partial charge in [0.05, 0.1) is 19.8 Å². The number of nitrogens with one attached hydrogen (secondary N) is 2. The average molecular weight is 696 g/mol. The van der Waals surface area contributed by atoms with Gasteiger partial charge in [0.15, 0.2) is 23.9 Å². The van der Waals surface area contributed by atoms with Gasteiger partial charge < -0.3 is 29.2 Å². The lowest BCUT2D eigenvalue weighted by Crippen LogP contribution is -2.39. The van der Waals surface area contributed by atoms with Gasteiger partial charge >= 0.3 is 11.9 Å². The zero-order valence-corrected chi connectivity index (χ0v) is 28.9. The van der Waals surface area contributed by atoms with Crippen LogP contribution in [0, 0.1) is 5.92 Å². The van der Waals surface area contributed by atoms with Crippen LogP contribution in [0.4, 0.5) is 0 Å². The maximum absolute atomic E-state index is 13.5. The molecule has 3 aromatic rings. The van der Waals surface area contributed by atoms with E-state index in [4.69, 9.17) is 42.1 Å². The lowest BCUT2D eigenvalue weighted by atomic mass is 9.95. The number of benzene rings is 2. The predicted octanol–water partition coefficient (Wildman–Crippen LogP) is 6.12. The Bertz CT molecular complexity index is 1600. The molecule has 0 amide bonds. The monoisotopic (exact) mass is 694 g/mol. The van der Waals surface area contributed by atoms with E-state index in [9.17, 15) is 9.59 Å². The number of methoxy groups -OCH3 is 2. The molecule has 1 saturated heterocycles. The number of carbonyl (C=O) groups is 2. The highest BCUT2D eigenvalue weighted by molar-refractivity contribution is 6.35. The highest BCUT2D eigenvalue weighted by Gasteiger charge is 2.29. The maximum atomic E-state index is 13.5. The molecule has 48 heavy (non-hydrogen) atoms.